The number of hydrogen-bond donors (Lipinski definition) is 2. The van der Waals surface area contributed by atoms with E-state index in [2.05, 4.69) is 4.98 Å². The summed E-state index contributed by atoms with van der Waals surface area (Å²) in [7, 11) is 0. The number of ether oxygens (including phenoxy) is 1. The van der Waals surface area contributed by atoms with Crippen LogP contribution in [0.15, 0.2) is 18.2 Å². The molecule has 130 valence electrons. The molecule has 5 nitrogen and oxygen atoms in total. The number of H-pyrrole nitrogens is 1. The minimum absolute atomic E-state index is 0.377. The summed E-state index contributed by atoms with van der Waals surface area (Å²) in [5.74, 6) is 0. The molecule has 1 aliphatic heterocycles. The van der Waals surface area contributed by atoms with Crippen molar-refractivity contribution in [3.05, 3.63) is 34.5 Å². The highest BCUT2D eigenvalue weighted by Crippen LogP contribution is 2.39. The predicted molar refractivity (Wildman–Crippen MR) is 94.3 cm³/mol. The highest BCUT2D eigenvalue weighted by atomic mass is 35.5. The number of aromatic nitrogens is 1. The molecule has 0 unspecified atom stereocenters. The number of halogens is 1. The zero-order valence-electron chi connectivity index (χ0n) is 14.4. The number of carbonyl (C=O) groups excluding carboxylic acids is 1. The number of cyclic esters (lactones) is 1. The number of aromatic amines is 1. The number of rotatable bonds is 4. The third kappa shape index (κ3) is 2.47. The molecule has 1 aliphatic rings. The normalized spacial score (nSPS) is 27.1. The lowest BCUT2D eigenvalue weighted by atomic mass is 9.90. The standard InChI is InChI=1S/C18H23ClN2O3/c1-5-17(3)18(4,23)21(16(22)24-17)9-8-13-11(2)20-15-7-6-12(19)10-14(13)15/h6-7,10,20,23H,5,8-9H2,1-4H3/t17-,18-/m0/s1. The summed E-state index contributed by atoms with van der Waals surface area (Å²) in [4.78, 5) is 17.0. The number of aryl methyl sites for hydroxylation is 1. The zero-order valence-corrected chi connectivity index (χ0v) is 15.2. The fourth-order valence-corrected chi connectivity index (χ4v) is 3.60. The Morgan fingerprint density at radius 2 is 2.08 bits per heavy atom. The quantitative estimate of drug-likeness (QED) is 0.875. The second-order valence-corrected chi connectivity index (χ2v) is 7.23. The molecule has 0 bridgehead atoms. The van der Waals surface area contributed by atoms with Crippen molar-refractivity contribution in [2.45, 2.75) is 51.9 Å². The monoisotopic (exact) mass is 350 g/mol. The van der Waals surface area contributed by atoms with Crippen molar-refractivity contribution >= 4 is 28.6 Å². The van der Waals surface area contributed by atoms with Gasteiger partial charge in [-0.2, -0.15) is 0 Å². The molecule has 0 aliphatic carbocycles. The molecule has 2 heterocycles. The van der Waals surface area contributed by atoms with Gasteiger partial charge in [0.25, 0.3) is 0 Å². The number of nitrogens with zero attached hydrogens (tertiary/aromatic N) is 1. The van der Waals surface area contributed by atoms with Gasteiger partial charge in [-0.3, -0.25) is 4.90 Å². The van der Waals surface area contributed by atoms with Crippen LogP contribution in [-0.4, -0.2) is 39.0 Å². The highest BCUT2D eigenvalue weighted by molar-refractivity contribution is 6.31. The first-order valence-electron chi connectivity index (χ1n) is 8.19. The van der Waals surface area contributed by atoms with Crippen molar-refractivity contribution < 1.29 is 14.6 Å². The number of hydrogen-bond acceptors (Lipinski definition) is 3. The second-order valence-electron chi connectivity index (χ2n) is 6.79. The lowest BCUT2D eigenvalue weighted by molar-refractivity contribution is -0.137. The maximum atomic E-state index is 12.2. The van der Waals surface area contributed by atoms with Gasteiger partial charge in [-0.15, -0.1) is 0 Å². The van der Waals surface area contributed by atoms with E-state index >= 15 is 0 Å². The summed E-state index contributed by atoms with van der Waals surface area (Å²) in [6.45, 7) is 7.68. The largest absolute Gasteiger partial charge is 0.438 e. The smallest absolute Gasteiger partial charge is 0.412 e. The summed E-state index contributed by atoms with van der Waals surface area (Å²) in [6, 6.07) is 5.72. The topological polar surface area (TPSA) is 65.6 Å². The van der Waals surface area contributed by atoms with E-state index in [0.29, 0.717) is 24.4 Å². The fraction of sp³-hybridized carbons (Fsp3) is 0.500. The fourth-order valence-electron chi connectivity index (χ4n) is 3.42. The van der Waals surface area contributed by atoms with Gasteiger partial charge in [-0.05, 0) is 57.4 Å². The van der Waals surface area contributed by atoms with Gasteiger partial charge in [-0.25, -0.2) is 4.79 Å². The van der Waals surface area contributed by atoms with Crippen LogP contribution in [0, 0.1) is 6.92 Å². The molecule has 2 aromatic rings. The molecule has 1 amide bonds. The van der Waals surface area contributed by atoms with Crippen LogP contribution in [0.4, 0.5) is 4.79 Å². The SMILES string of the molecule is CC[C@]1(C)OC(=O)N(CCc2c(C)[nH]c3ccc(Cl)cc23)[C@@]1(C)O. The molecule has 0 radical (unpaired) electrons. The molecular formula is C18H23ClN2O3. The van der Waals surface area contributed by atoms with Crippen LogP contribution < -0.4 is 0 Å². The summed E-state index contributed by atoms with van der Waals surface area (Å²) in [5, 5.41) is 12.6. The van der Waals surface area contributed by atoms with Crippen molar-refractivity contribution in [2.75, 3.05) is 6.54 Å². The van der Waals surface area contributed by atoms with Crippen molar-refractivity contribution in [1.29, 1.82) is 0 Å². The summed E-state index contributed by atoms with van der Waals surface area (Å²) >= 11 is 6.11. The Bertz CT molecular complexity index is 799. The molecular weight excluding hydrogens is 328 g/mol. The lowest BCUT2D eigenvalue weighted by Gasteiger charge is -2.36. The van der Waals surface area contributed by atoms with E-state index in [4.69, 9.17) is 16.3 Å². The minimum atomic E-state index is -1.34. The van der Waals surface area contributed by atoms with E-state index in [1.807, 2.05) is 32.0 Å². The Morgan fingerprint density at radius 3 is 2.71 bits per heavy atom. The molecule has 0 spiro atoms. The maximum absolute atomic E-state index is 12.2. The van der Waals surface area contributed by atoms with E-state index in [0.717, 1.165) is 22.2 Å². The Labute approximate surface area is 146 Å². The van der Waals surface area contributed by atoms with Gasteiger partial charge < -0.3 is 14.8 Å². The van der Waals surface area contributed by atoms with E-state index in [-0.39, 0.29) is 0 Å². The van der Waals surface area contributed by atoms with Crippen molar-refractivity contribution in [3.8, 4) is 0 Å². The minimum Gasteiger partial charge on any atom is -0.438 e. The Hall–Kier alpha value is -1.72. The van der Waals surface area contributed by atoms with Crippen LogP contribution in [-0.2, 0) is 11.2 Å². The van der Waals surface area contributed by atoms with Gasteiger partial charge in [0.1, 0.15) is 0 Å². The van der Waals surface area contributed by atoms with Crippen molar-refractivity contribution in [3.63, 3.8) is 0 Å². The molecule has 2 N–H and O–H groups in total. The van der Waals surface area contributed by atoms with Gasteiger partial charge >= 0.3 is 6.09 Å². The van der Waals surface area contributed by atoms with E-state index in [1.165, 1.54) is 4.90 Å². The zero-order chi connectivity index (χ0) is 17.7. The first kappa shape index (κ1) is 17.1. The van der Waals surface area contributed by atoms with Crippen LogP contribution >= 0.6 is 11.6 Å². The first-order valence-corrected chi connectivity index (χ1v) is 8.57. The Kier molecular flexibility index (Phi) is 4.04. The Morgan fingerprint density at radius 1 is 1.38 bits per heavy atom. The van der Waals surface area contributed by atoms with Crippen molar-refractivity contribution in [2.24, 2.45) is 0 Å². The number of aliphatic hydroxyl groups is 1. The number of benzene rings is 1. The van der Waals surface area contributed by atoms with Gasteiger partial charge in [0.05, 0.1) is 0 Å². The average Bonchev–Trinajstić information content (AvgIpc) is 2.90. The van der Waals surface area contributed by atoms with Gasteiger partial charge in [0.15, 0.2) is 11.3 Å². The highest BCUT2D eigenvalue weighted by Gasteiger charge is 2.58. The van der Waals surface area contributed by atoms with Crippen molar-refractivity contribution in [1.82, 2.24) is 9.88 Å². The number of carbonyl (C=O) groups is 1. The van der Waals surface area contributed by atoms with Gasteiger partial charge in [-0.1, -0.05) is 18.5 Å². The number of nitrogens with one attached hydrogen (secondary N) is 1. The predicted octanol–water partition coefficient (Wildman–Crippen LogP) is 4.00. The third-order valence-electron chi connectivity index (χ3n) is 5.40. The molecule has 24 heavy (non-hydrogen) atoms. The summed E-state index contributed by atoms with van der Waals surface area (Å²) in [5.41, 5.74) is 0.916. The van der Waals surface area contributed by atoms with E-state index < -0.39 is 17.4 Å². The molecule has 1 aromatic heterocycles. The second kappa shape index (κ2) is 5.67. The molecule has 2 atom stereocenters. The van der Waals surface area contributed by atoms with Gasteiger partial charge in [0, 0.05) is 28.2 Å². The average molecular weight is 351 g/mol. The van der Waals surface area contributed by atoms with Crippen LogP contribution in [0.2, 0.25) is 5.02 Å². The van der Waals surface area contributed by atoms with E-state index in [1.54, 1.807) is 13.8 Å². The van der Waals surface area contributed by atoms with E-state index in [9.17, 15) is 9.90 Å². The lowest BCUT2D eigenvalue weighted by Crippen LogP contribution is -2.55. The third-order valence-corrected chi connectivity index (χ3v) is 5.64. The molecule has 1 saturated heterocycles. The first-order chi connectivity index (χ1) is 11.2. The molecule has 1 fully saturated rings. The number of amides is 1. The van der Waals surface area contributed by atoms with Crippen LogP contribution in [0.3, 0.4) is 0 Å². The summed E-state index contributed by atoms with van der Waals surface area (Å²) < 4.78 is 5.44. The van der Waals surface area contributed by atoms with Gasteiger partial charge in [0.2, 0.25) is 0 Å². The van der Waals surface area contributed by atoms with Crippen LogP contribution in [0.1, 0.15) is 38.4 Å². The maximum Gasteiger partial charge on any atom is 0.412 e. The molecule has 6 heteroatoms. The molecule has 3 rings (SSSR count). The number of fused-ring (bicyclic) bond motifs is 1. The Balaban J connectivity index is 1.88. The molecule has 0 saturated carbocycles. The molecule has 1 aromatic carbocycles. The summed E-state index contributed by atoms with van der Waals surface area (Å²) in [6.07, 6.45) is 0.682. The van der Waals surface area contributed by atoms with Crippen LogP contribution in [0.5, 0.6) is 0 Å². The van der Waals surface area contributed by atoms with Crippen LogP contribution in [0.25, 0.3) is 10.9 Å².